The van der Waals surface area contributed by atoms with Crippen LogP contribution in [0.15, 0.2) is 6.20 Å². The molecule has 0 aliphatic carbocycles. The molecule has 1 fully saturated rings. The van der Waals surface area contributed by atoms with Gasteiger partial charge in [0.2, 0.25) is 0 Å². The number of aromatic nitrogens is 2. The van der Waals surface area contributed by atoms with E-state index in [1.54, 1.807) is 24.9 Å². The molecular formula is C9H14ClN5O2. The Kier molecular flexibility index (Phi) is 3.44. The molecule has 3 amide bonds. The van der Waals surface area contributed by atoms with E-state index in [9.17, 15) is 9.59 Å². The van der Waals surface area contributed by atoms with Crippen LogP contribution < -0.4 is 16.4 Å². The molecule has 0 radical (unpaired) electrons. The van der Waals surface area contributed by atoms with Crippen LogP contribution in [-0.2, 0) is 17.4 Å². The van der Waals surface area contributed by atoms with Gasteiger partial charge in [-0.3, -0.25) is 14.8 Å². The fourth-order valence-electron chi connectivity index (χ4n) is 1.95. The minimum atomic E-state index is -1.19. The highest BCUT2D eigenvalue weighted by atomic mass is 35.5. The van der Waals surface area contributed by atoms with Crippen molar-refractivity contribution in [1.29, 1.82) is 0 Å². The van der Waals surface area contributed by atoms with Gasteiger partial charge in [0.1, 0.15) is 0 Å². The van der Waals surface area contributed by atoms with E-state index in [-0.39, 0.29) is 19.0 Å². The third-order valence-electron chi connectivity index (χ3n) is 2.72. The average Bonchev–Trinajstić information content (AvgIpc) is 2.67. The van der Waals surface area contributed by atoms with Crippen LogP contribution in [0.25, 0.3) is 0 Å². The summed E-state index contributed by atoms with van der Waals surface area (Å²) in [7, 11) is 1.75. The fourth-order valence-corrected chi connectivity index (χ4v) is 1.95. The van der Waals surface area contributed by atoms with Crippen molar-refractivity contribution in [3.8, 4) is 0 Å². The normalized spacial score (nSPS) is 23.0. The Labute approximate surface area is 104 Å². The van der Waals surface area contributed by atoms with Crippen LogP contribution in [0, 0.1) is 6.92 Å². The van der Waals surface area contributed by atoms with Crippen molar-refractivity contribution >= 4 is 24.3 Å². The molecule has 1 atom stereocenters. The number of hydrogen-bond donors (Lipinski definition) is 3. The summed E-state index contributed by atoms with van der Waals surface area (Å²) in [5, 5.41) is 8.88. The molecule has 1 saturated heterocycles. The Balaban J connectivity index is 0.00000144. The van der Waals surface area contributed by atoms with E-state index in [0.29, 0.717) is 11.3 Å². The number of amides is 3. The van der Waals surface area contributed by atoms with Crippen molar-refractivity contribution in [3.05, 3.63) is 17.5 Å². The first kappa shape index (κ1) is 13.5. The molecular weight excluding hydrogens is 246 g/mol. The molecule has 94 valence electrons. The summed E-state index contributed by atoms with van der Waals surface area (Å²) in [6, 6.07) is -0.529. The molecule has 1 aliphatic rings. The lowest BCUT2D eigenvalue weighted by molar-refractivity contribution is -0.124. The molecule has 2 rings (SSSR count). The van der Waals surface area contributed by atoms with Gasteiger partial charge in [0, 0.05) is 25.4 Å². The van der Waals surface area contributed by atoms with Gasteiger partial charge < -0.3 is 11.1 Å². The average molecular weight is 260 g/mol. The van der Waals surface area contributed by atoms with Gasteiger partial charge in [0.15, 0.2) is 5.54 Å². The number of aryl methyl sites for hydroxylation is 2. The van der Waals surface area contributed by atoms with Gasteiger partial charge in [0.25, 0.3) is 5.91 Å². The lowest BCUT2D eigenvalue weighted by Gasteiger charge is -2.23. The summed E-state index contributed by atoms with van der Waals surface area (Å²) >= 11 is 0. The van der Waals surface area contributed by atoms with E-state index in [4.69, 9.17) is 5.73 Å². The van der Waals surface area contributed by atoms with E-state index in [1.807, 2.05) is 0 Å². The molecule has 1 aliphatic heterocycles. The highest BCUT2D eigenvalue weighted by Gasteiger charge is 2.48. The number of carbonyl (C=O) groups excluding carboxylic acids is 2. The Morgan fingerprint density at radius 3 is 2.53 bits per heavy atom. The number of nitrogens with zero attached hydrogens (tertiary/aromatic N) is 2. The largest absolute Gasteiger partial charge is 0.327 e. The van der Waals surface area contributed by atoms with Gasteiger partial charge in [-0.2, -0.15) is 5.10 Å². The second-order valence-corrected chi connectivity index (χ2v) is 3.82. The van der Waals surface area contributed by atoms with E-state index in [1.165, 1.54) is 0 Å². The van der Waals surface area contributed by atoms with Crippen molar-refractivity contribution in [3.63, 3.8) is 0 Å². The van der Waals surface area contributed by atoms with Gasteiger partial charge in [-0.25, -0.2) is 4.79 Å². The quantitative estimate of drug-likeness (QED) is 0.602. The molecule has 1 unspecified atom stereocenters. The maximum Gasteiger partial charge on any atom is 0.322 e. The first-order chi connectivity index (χ1) is 7.49. The summed E-state index contributed by atoms with van der Waals surface area (Å²) in [4.78, 5) is 23.0. The molecule has 1 aromatic rings. The van der Waals surface area contributed by atoms with Gasteiger partial charge in [-0.1, -0.05) is 0 Å². The number of nitrogens with one attached hydrogen (secondary N) is 2. The highest BCUT2D eigenvalue weighted by Crippen LogP contribution is 2.25. The van der Waals surface area contributed by atoms with Crippen LogP contribution in [0.2, 0.25) is 0 Å². The summed E-state index contributed by atoms with van der Waals surface area (Å²) in [6.07, 6.45) is 1.69. The first-order valence-electron chi connectivity index (χ1n) is 4.84. The smallest absolute Gasteiger partial charge is 0.322 e. The van der Waals surface area contributed by atoms with Gasteiger partial charge in [0.05, 0.1) is 5.69 Å². The molecule has 4 N–H and O–H groups in total. The predicted molar refractivity (Wildman–Crippen MR) is 62.6 cm³/mol. The van der Waals surface area contributed by atoms with Crippen LogP contribution in [0.3, 0.4) is 0 Å². The van der Waals surface area contributed by atoms with Crippen LogP contribution >= 0.6 is 12.4 Å². The molecule has 7 nitrogen and oxygen atoms in total. The summed E-state index contributed by atoms with van der Waals surface area (Å²) in [6.45, 7) is 1.77. The zero-order valence-corrected chi connectivity index (χ0v) is 10.3. The third-order valence-corrected chi connectivity index (χ3v) is 2.72. The van der Waals surface area contributed by atoms with Crippen LogP contribution in [0.5, 0.6) is 0 Å². The molecule has 0 spiro atoms. The third kappa shape index (κ3) is 1.87. The number of urea groups is 1. The van der Waals surface area contributed by atoms with Crippen molar-refractivity contribution in [1.82, 2.24) is 20.4 Å². The second kappa shape index (κ2) is 4.34. The minimum absolute atomic E-state index is 0. The first-order valence-corrected chi connectivity index (χ1v) is 4.84. The van der Waals surface area contributed by atoms with Crippen LogP contribution in [0.1, 0.15) is 11.3 Å². The Morgan fingerprint density at radius 1 is 1.53 bits per heavy atom. The van der Waals surface area contributed by atoms with Crippen LogP contribution in [-0.4, -0.2) is 28.3 Å². The van der Waals surface area contributed by atoms with Crippen molar-refractivity contribution in [2.45, 2.75) is 12.5 Å². The number of carbonyl (C=O) groups is 2. The standard InChI is InChI=1S/C9H13N5O2.ClH/c1-5-6(3-14(2)13-5)9(4-10)7(15)11-8(16)12-9;/h3H,4,10H2,1-2H3,(H2,11,12,15,16);1H. The highest BCUT2D eigenvalue weighted by molar-refractivity contribution is 6.07. The van der Waals surface area contributed by atoms with Gasteiger partial charge in [-0.05, 0) is 6.92 Å². The molecule has 0 bridgehead atoms. The summed E-state index contributed by atoms with van der Waals surface area (Å²) in [5.74, 6) is -0.434. The lowest BCUT2D eigenvalue weighted by Crippen LogP contribution is -2.50. The second-order valence-electron chi connectivity index (χ2n) is 3.82. The molecule has 2 heterocycles. The zero-order chi connectivity index (χ0) is 11.9. The van der Waals surface area contributed by atoms with Crippen LogP contribution in [0.4, 0.5) is 4.79 Å². The fraction of sp³-hybridized carbons (Fsp3) is 0.444. The number of nitrogens with two attached hydrogens (primary N) is 1. The van der Waals surface area contributed by atoms with E-state index < -0.39 is 17.5 Å². The number of halogens is 1. The van der Waals surface area contributed by atoms with E-state index in [0.717, 1.165) is 0 Å². The van der Waals surface area contributed by atoms with E-state index in [2.05, 4.69) is 15.7 Å². The van der Waals surface area contributed by atoms with Crippen molar-refractivity contribution in [2.75, 3.05) is 6.54 Å². The topological polar surface area (TPSA) is 102 Å². The number of imide groups is 1. The monoisotopic (exact) mass is 259 g/mol. The molecule has 0 aromatic carbocycles. The molecule has 0 saturated carbocycles. The SMILES string of the molecule is Cc1nn(C)cc1C1(CN)NC(=O)NC1=O.Cl. The number of hydrogen-bond acceptors (Lipinski definition) is 4. The summed E-state index contributed by atoms with van der Waals surface area (Å²) in [5.41, 5.74) is 5.73. The van der Waals surface area contributed by atoms with Gasteiger partial charge in [-0.15, -0.1) is 12.4 Å². The van der Waals surface area contributed by atoms with Gasteiger partial charge >= 0.3 is 6.03 Å². The minimum Gasteiger partial charge on any atom is -0.327 e. The van der Waals surface area contributed by atoms with Crippen molar-refractivity contribution in [2.24, 2.45) is 12.8 Å². The Bertz CT molecular complexity index is 472. The summed E-state index contributed by atoms with van der Waals surface area (Å²) < 4.78 is 1.58. The van der Waals surface area contributed by atoms with E-state index >= 15 is 0 Å². The number of rotatable bonds is 2. The molecule has 1 aromatic heterocycles. The maximum atomic E-state index is 11.8. The van der Waals surface area contributed by atoms with Crippen molar-refractivity contribution < 1.29 is 9.59 Å². The zero-order valence-electron chi connectivity index (χ0n) is 9.48. The molecule has 8 heteroatoms. The Hall–Kier alpha value is -1.60. The Morgan fingerprint density at radius 2 is 2.18 bits per heavy atom. The molecule has 17 heavy (non-hydrogen) atoms. The predicted octanol–water partition coefficient (Wildman–Crippen LogP) is -0.856. The maximum absolute atomic E-state index is 11.8. The lowest BCUT2D eigenvalue weighted by atomic mass is 9.91.